The van der Waals surface area contributed by atoms with Crippen molar-refractivity contribution in [3.8, 4) is 6.07 Å². The quantitative estimate of drug-likeness (QED) is 0.858. The maximum absolute atomic E-state index is 8.73. The highest BCUT2D eigenvalue weighted by molar-refractivity contribution is 5.67. The molecule has 1 fully saturated rings. The molecule has 6 heteroatoms. The van der Waals surface area contributed by atoms with Crippen molar-refractivity contribution in [2.75, 3.05) is 31.2 Å². The van der Waals surface area contributed by atoms with E-state index in [0.29, 0.717) is 5.56 Å². The van der Waals surface area contributed by atoms with Crippen LogP contribution < -0.4 is 4.90 Å². The van der Waals surface area contributed by atoms with Crippen molar-refractivity contribution in [3.05, 3.63) is 47.5 Å². The zero-order chi connectivity index (χ0) is 15.2. The van der Waals surface area contributed by atoms with E-state index in [9.17, 15) is 0 Å². The van der Waals surface area contributed by atoms with Gasteiger partial charge in [-0.3, -0.25) is 4.98 Å². The lowest BCUT2D eigenvalue weighted by Gasteiger charge is -2.26. The number of morpholine rings is 1. The molecule has 1 aliphatic heterocycles. The molecule has 0 bridgehead atoms. The predicted octanol–water partition coefficient (Wildman–Crippen LogP) is 1.75. The van der Waals surface area contributed by atoms with Crippen LogP contribution in [0, 0.1) is 11.3 Å². The summed E-state index contributed by atoms with van der Waals surface area (Å²) in [6.07, 6.45) is 8.90. The number of rotatable bonds is 3. The van der Waals surface area contributed by atoms with Crippen molar-refractivity contribution in [2.24, 2.45) is 0 Å². The molecular weight excluding hydrogens is 278 g/mol. The Morgan fingerprint density at radius 1 is 1.05 bits per heavy atom. The number of nitriles is 1. The Kier molecular flexibility index (Phi) is 4.37. The lowest BCUT2D eigenvalue weighted by Crippen LogP contribution is -2.37. The van der Waals surface area contributed by atoms with Crippen LogP contribution in [-0.2, 0) is 4.74 Å². The van der Waals surface area contributed by atoms with E-state index in [1.54, 1.807) is 30.7 Å². The van der Waals surface area contributed by atoms with Crippen molar-refractivity contribution in [3.63, 3.8) is 0 Å². The van der Waals surface area contributed by atoms with Crippen LogP contribution in [-0.4, -0.2) is 41.3 Å². The van der Waals surface area contributed by atoms with Gasteiger partial charge in [-0.05, 0) is 24.3 Å². The molecule has 6 nitrogen and oxygen atoms in total. The lowest BCUT2D eigenvalue weighted by molar-refractivity contribution is 0.122. The van der Waals surface area contributed by atoms with Gasteiger partial charge in [-0.15, -0.1) is 0 Å². The molecule has 0 N–H and O–H groups in total. The Balaban J connectivity index is 1.67. The number of pyridine rings is 1. The highest BCUT2D eigenvalue weighted by Gasteiger charge is 2.12. The Bertz CT molecular complexity index is 682. The van der Waals surface area contributed by atoms with Gasteiger partial charge in [0.25, 0.3) is 0 Å². The Morgan fingerprint density at radius 3 is 2.45 bits per heavy atom. The minimum absolute atomic E-state index is 0.551. The number of hydrogen-bond acceptors (Lipinski definition) is 6. The molecule has 0 radical (unpaired) electrons. The van der Waals surface area contributed by atoms with E-state index in [2.05, 4.69) is 19.9 Å². The van der Waals surface area contributed by atoms with Crippen molar-refractivity contribution >= 4 is 18.1 Å². The summed E-state index contributed by atoms with van der Waals surface area (Å²) >= 11 is 0. The standard InChI is InChI=1S/C16H15N5O/c17-9-13-1-3-15(18-10-13)4-2-14-11-19-16(20-12-14)21-5-7-22-8-6-21/h1-4,10-12H,5-8H2. The van der Waals surface area contributed by atoms with Crippen molar-refractivity contribution < 1.29 is 4.74 Å². The van der Waals surface area contributed by atoms with Crippen LogP contribution in [0.3, 0.4) is 0 Å². The summed E-state index contributed by atoms with van der Waals surface area (Å²) in [6, 6.07) is 5.59. The molecule has 110 valence electrons. The fraction of sp³-hybridized carbons (Fsp3) is 0.250. The van der Waals surface area contributed by atoms with E-state index >= 15 is 0 Å². The molecule has 0 unspecified atom stereocenters. The molecule has 2 aromatic heterocycles. The van der Waals surface area contributed by atoms with Gasteiger partial charge in [-0.2, -0.15) is 5.26 Å². The second-order valence-electron chi connectivity index (χ2n) is 4.83. The first-order valence-corrected chi connectivity index (χ1v) is 7.04. The third kappa shape index (κ3) is 3.45. The smallest absolute Gasteiger partial charge is 0.225 e. The highest BCUT2D eigenvalue weighted by atomic mass is 16.5. The maximum Gasteiger partial charge on any atom is 0.225 e. The molecule has 22 heavy (non-hydrogen) atoms. The van der Waals surface area contributed by atoms with Crippen LogP contribution >= 0.6 is 0 Å². The molecule has 3 heterocycles. The molecule has 1 aliphatic rings. The van der Waals surface area contributed by atoms with Crippen LogP contribution in [0.5, 0.6) is 0 Å². The number of ether oxygens (including phenoxy) is 1. The van der Waals surface area contributed by atoms with E-state index in [0.717, 1.165) is 43.5 Å². The fourth-order valence-corrected chi connectivity index (χ4v) is 2.10. The van der Waals surface area contributed by atoms with Gasteiger partial charge in [0, 0.05) is 37.2 Å². The minimum atomic E-state index is 0.551. The first kappa shape index (κ1) is 14.2. The van der Waals surface area contributed by atoms with Crippen LogP contribution in [0.25, 0.3) is 12.2 Å². The van der Waals surface area contributed by atoms with Crippen LogP contribution in [0.15, 0.2) is 30.7 Å². The van der Waals surface area contributed by atoms with E-state index in [4.69, 9.17) is 10.00 Å². The number of anilines is 1. The monoisotopic (exact) mass is 293 g/mol. The average Bonchev–Trinajstić information content (AvgIpc) is 2.61. The molecular formula is C16H15N5O. The van der Waals surface area contributed by atoms with Gasteiger partial charge in [-0.25, -0.2) is 9.97 Å². The number of hydrogen-bond donors (Lipinski definition) is 0. The third-order valence-corrected chi connectivity index (χ3v) is 3.31. The summed E-state index contributed by atoms with van der Waals surface area (Å²) in [5, 5.41) is 8.73. The van der Waals surface area contributed by atoms with Crippen LogP contribution in [0.2, 0.25) is 0 Å². The topological polar surface area (TPSA) is 74.9 Å². The van der Waals surface area contributed by atoms with Crippen molar-refractivity contribution in [1.29, 1.82) is 5.26 Å². The van der Waals surface area contributed by atoms with E-state index in [1.165, 1.54) is 0 Å². The first-order chi connectivity index (χ1) is 10.8. The van der Waals surface area contributed by atoms with E-state index < -0.39 is 0 Å². The zero-order valence-corrected chi connectivity index (χ0v) is 12.0. The summed E-state index contributed by atoms with van der Waals surface area (Å²) in [5.74, 6) is 0.733. The second-order valence-corrected chi connectivity index (χ2v) is 4.83. The van der Waals surface area contributed by atoms with Gasteiger partial charge in [0.2, 0.25) is 5.95 Å². The number of aromatic nitrogens is 3. The third-order valence-electron chi connectivity index (χ3n) is 3.31. The van der Waals surface area contributed by atoms with Gasteiger partial charge >= 0.3 is 0 Å². The zero-order valence-electron chi connectivity index (χ0n) is 12.0. The molecule has 0 aliphatic carbocycles. The minimum Gasteiger partial charge on any atom is -0.378 e. The fourth-order valence-electron chi connectivity index (χ4n) is 2.10. The average molecular weight is 293 g/mol. The summed E-state index contributed by atoms with van der Waals surface area (Å²) < 4.78 is 5.31. The largest absolute Gasteiger partial charge is 0.378 e. The van der Waals surface area contributed by atoms with E-state index in [1.807, 2.05) is 18.2 Å². The van der Waals surface area contributed by atoms with Crippen molar-refractivity contribution in [2.45, 2.75) is 0 Å². The normalized spacial score (nSPS) is 15.0. The SMILES string of the molecule is N#Cc1ccc(C=Cc2cnc(N3CCOCC3)nc2)nc1. The first-order valence-electron chi connectivity index (χ1n) is 7.04. The van der Waals surface area contributed by atoms with Gasteiger partial charge in [-0.1, -0.05) is 0 Å². The molecule has 2 aromatic rings. The van der Waals surface area contributed by atoms with Gasteiger partial charge in [0.05, 0.1) is 24.5 Å². The molecule has 3 rings (SSSR count). The van der Waals surface area contributed by atoms with Gasteiger partial charge in [0.1, 0.15) is 6.07 Å². The van der Waals surface area contributed by atoms with Crippen LogP contribution in [0.1, 0.15) is 16.8 Å². The van der Waals surface area contributed by atoms with E-state index in [-0.39, 0.29) is 0 Å². The molecule has 0 spiro atoms. The van der Waals surface area contributed by atoms with Crippen LogP contribution in [0.4, 0.5) is 5.95 Å². The maximum atomic E-state index is 8.73. The van der Waals surface area contributed by atoms with Gasteiger partial charge < -0.3 is 9.64 Å². The summed E-state index contributed by atoms with van der Waals surface area (Å²) in [7, 11) is 0. The molecule has 0 saturated carbocycles. The summed E-state index contributed by atoms with van der Waals surface area (Å²) in [4.78, 5) is 15.1. The second kappa shape index (κ2) is 6.78. The van der Waals surface area contributed by atoms with Crippen molar-refractivity contribution in [1.82, 2.24) is 15.0 Å². The molecule has 1 saturated heterocycles. The molecule has 0 amide bonds. The highest BCUT2D eigenvalue weighted by Crippen LogP contribution is 2.11. The summed E-state index contributed by atoms with van der Waals surface area (Å²) in [6.45, 7) is 3.08. The number of nitrogens with zero attached hydrogens (tertiary/aromatic N) is 5. The predicted molar refractivity (Wildman–Crippen MR) is 82.9 cm³/mol. The Hall–Kier alpha value is -2.78. The van der Waals surface area contributed by atoms with Gasteiger partial charge in [0.15, 0.2) is 0 Å². The molecule has 0 aromatic carbocycles. The lowest BCUT2D eigenvalue weighted by atomic mass is 10.2. The Morgan fingerprint density at radius 2 is 1.82 bits per heavy atom. The summed E-state index contributed by atoms with van der Waals surface area (Å²) in [5.41, 5.74) is 2.25. The molecule has 0 atom stereocenters. The Labute approximate surface area is 128 Å².